The first-order chi connectivity index (χ1) is 9.53. The predicted molar refractivity (Wildman–Crippen MR) is 75.0 cm³/mol. The largest absolute Gasteiger partial charge is 0.340 e. The van der Waals surface area contributed by atoms with Crippen LogP contribution < -0.4 is 10.0 Å². The van der Waals surface area contributed by atoms with E-state index in [1.165, 1.54) is 11.3 Å². The summed E-state index contributed by atoms with van der Waals surface area (Å²) in [6.07, 6.45) is 0.391. The maximum Gasteiger partial charge on any atom is 0.241 e. The summed E-state index contributed by atoms with van der Waals surface area (Å²) in [7, 11) is -1.72. The number of aryl methyl sites for hydroxylation is 1. The van der Waals surface area contributed by atoms with E-state index in [1.54, 1.807) is 25.4 Å². The SMILES string of the molecule is CNCc1sccc1S(=O)(=O)NCCc1noc(C)n1. The number of rotatable bonds is 7. The Morgan fingerprint density at radius 2 is 2.25 bits per heavy atom. The summed E-state index contributed by atoms with van der Waals surface area (Å²) in [6, 6.07) is 1.61. The van der Waals surface area contributed by atoms with Crippen LogP contribution in [-0.4, -0.2) is 32.2 Å². The van der Waals surface area contributed by atoms with Gasteiger partial charge in [0.2, 0.25) is 15.9 Å². The van der Waals surface area contributed by atoms with Crippen molar-refractivity contribution in [3.05, 3.63) is 28.0 Å². The van der Waals surface area contributed by atoms with Crippen LogP contribution in [0, 0.1) is 6.92 Å². The molecule has 0 saturated carbocycles. The number of hydrogen-bond acceptors (Lipinski definition) is 7. The van der Waals surface area contributed by atoms with E-state index >= 15 is 0 Å². The molecule has 7 nitrogen and oxygen atoms in total. The molecule has 0 radical (unpaired) electrons. The van der Waals surface area contributed by atoms with Crippen LogP contribution in [0.1, 0.15) is 16.6 Å². The van der Waals surface area contributed by atoms with Gasteiger partial charge in [-0.2, -0.15) is 4.98 Å². The zero-order valence-corrected chi connectivity index (χ0v) is 12.8. The lowest BCUT2D eigenvalue weighted by Crippen LogP contribution is -2.27. The Morgan fingerprint density at radius 1 is 1.45 bits per heavy atom. The van der Waals surface area contributed by atoms with Crippen molar-refractivity contribution in [2.75, 3.05) is 13.6 Å². The topological polar surface area (TPSA) is 97.1 Å². The van der Waals surface area contributed by atoms with Crippen LogP contribution in [-0.2, 0) is 23.0 Å². The van der Waals surface area contributed by atoms with Crippen molar-refractivity contribution in [1.82, 2.24) is 20.2 Å². The highest BCUT2D eigenvalue weighted by molar-refractivity contribution is 7.89. The molecule has 0 aliphatic rings. The van der Waals surface area contributed by atoms with Gasteiger partial charge in [0.15, 0.2) is 5.82 Å². The van der Waals surface area contributed by atoms with Crippen molar-refractivity contribution in [2.24, 2.45) is 0 Å². The second-order valence-corrected chi connectivity index (χ2v) is 6.85. The summed E-state index contributed by atoms with van der Waals surface area (Å²) in [6.45, 7) is 2.45. The smallest absolute Gasteiger partial charge is 0.241 e. The van der Waals surface area contributed by atoms with Crippen LogP contribution in [0.25, 0.3) is 0 Å². The highest BCUT2D eigenvalue weighted by Gasteiger charge is 2.19. The van der Waals surface area contributed by atoms with E-state index in [0.29, 0.717) is 29.6 Å². The molecule has 0 aromatic carbocycles. The average molecular weight is 316 g/mol. The zero-order chi connectivity index (χ0) is 14.6. The highest BCUT2D eigenvalue weighted by Crippen LogP contribution is 2.21. The molecule has 2 rings (SSSR count). The van der Waals surface area contributed by atoms with E-state index in [0.717, 1.165) is 4.88 Å². The molecule has 2 aromatic rings. The molecule has 110 valence electrons. The molecule has 2 aromatic heterocycles. The Balaban J connectivity index is 1.98. The van der Waals surface area contributed by atoms with E-state index < -0.39 is 10.0 Å². The molecule has 0 bridgehead atoms. The van der Waals surface area contributed by atoms with Gasteiger partial charge in [-0.1, -0.05) is 5.16 Å². The van der Waals surface area contributed by atoms with Crippen molar-refractivity contribution in [1.29, 1.82) is 0 Å². The third-order valence-electron chi connectivity index (χ3n) is 2.54. The number of sulfonamides is 1. The van der Waals surface area contributed by atoms with Gasteiger partial charge in [0.05, 0.1) is 4.90 Å². The molecule has 2 N–H and O–H groups in total. The molecule has 0 aliphatic carbocycles. The normalized spacial score (nSPS) is 11.9. The van der Waals surface area contributed by atoms with Crippen molar-refractivity contribution in [2.45, 2.75) is 24.8 Å². The summed E-state index contributed by atoms with van der Waals surface area (Å²) in [4.78, 5) is 5.13. The molecule has 9 heteroatoms. The van der Waals surface area contributed by atoms with Crippen molar-refractivity contribution < 1.29 is 12.9 Å². The van der Waals surface area contributed by atoms with Gasteiger partial charge in [0, 0.05) is 31.3 Å². The molecule has 0 atom stereocenters. The first kappa shape index (κ1) is 15.1. The molecule has 0 amide bonds. The Morgan fingerprint density at radius 3 is 2.90 bits per heavy atom. The summed E-state index contributed by atoms with van der Waals surface area (Å²) < 4.78 is 31.7. The first-order valence-electron chi connectivity index (χ1n) is 6.03. The average Bonchev–Trinajstić information content (AvgIpc) is 2.99. The molecule has 20 heavy (non-hydrogen) atoms. The van der Waals surface area contributed by atoms with Gasteiger partial charge in [-0.25, -0.2) is 13.1 Å². The van der Waals surface area contributed by atoms with Gasteiger partial charge in [0.25, 0.3) is 0 Å². The van der Waals surface area contributed by atoms with Crippen molar-refractivity contribution in [3.8, 4) is 0 Å². The van der Waals surface area contributed by atoms with E-state index in [4.69, 9.17) is 4.52 Å². The van der Waals surface area contributed by atoms with E-state index in [1.807, 2.05) is 0 Å². The minimum atomic E-state index is -3.50. The number of nitrogens with zero attached hydrogens (tertiary/aromatic N) is 2. The minimum absolute atomic E-state index is 0.232. The lowest BCUT2D eigenvalue weighted by molar-refractivity contribution is 0.387. The lowest BCUT2D eigenvalue weighted by atomic mass is 10.4. The van der Waals surface area contributed by atoms with Gasteiger partial charge in [-0.15, -0.1) is 11.3 Å². The quantitative estimate of drug-likeness (QED) is 0.779. The van der Waals surface area contributed by atoms with Crippen LogP contribution >= 0.6 is 11.3 Å². The van der Waals surface area contributed by atoms with Crippen molar-refractivity contribution in [3.63, 3.8) is 0 Å². The maximum absolute atomic E-state index is 12.2. The summed E-state index contributed by atoms with van der Waals surface area (Å²) in [5.41, 5.74) is 0. The standard InChI is InChI=1S/C11H16N4O3S2/c1-8-14-11(15-18-8)3-5-13-20(16,17)10-4-6-19-9(10)7-12-2/h4,6,12-13H,3,5,7H2,1-2H3. The second kappa shape index (κ2) is 6.44. The van der Waals surface area contributed by atoms with Gasteiger partial charge in [-0.3, -0.25) is 0 Å². The van der Waals surface area contributed by atoms with E-state index in [2.05, 4.69) is 20.2 Å². The number of thiophene rings is 1. The molecule has 0 unspecified atom stereocenters. The summed E-state index contributed by atoms with van der Waals surface area (Å²) in [5.74, 6) is 0.961. The number of nitrogens with one attached hydrogen (secondary N) is 2. The molecular formula is C11H16N4O3S2. The third kappa shape index (κ3) is 3.63. The predicted octanol–water partition coefficient (Wildman–Crippen LogP) is 0.680. The molecule has 0 spiro atoms. The lowest BCUT2D eigenvalue weighted by Gasteiger charge is -2.06. The fraction of sp³-hybridized carbons (Fsp3) is 0.455. The van der Waals surface area contributed by atoms with Crippen LogP contribution in [0.2, 0.25) is 0 Å². The molecule has 0 aliphatic heterocycles. The van der Waals surface area contributed by atoms with Gasteiger partial charge >= 0.3 is 0 Å². The summed E-state index contributed by atoms with van der Waals surface area (Å²) >= 11 is 1.41. The van der Waals surface area contributed by atoms with Gasteiger partial charge in [-0.05, 0) is 18.5 Å². The Labute approximate surface area is 121 Å². The monoisotopic (exact) mass is 316 g/mol. The van der Waals surface area contributed by atoms with Crippen LogP contribution in [0.15, 0.2) is 20.9 Å². The molecule has 0 fully saturated rings. The molecular weight excluding hydrogens is 300 g/mol. The van der Waals surface area contributed by atoms with E-state index in [-0.39, 0.29) is 6.54 Å². The third-order valence-corrected chi connectivity index (χ3v) is 5.14. The number of aromatic nitrogens is 2. The van der Waals surface area contributed by atoms with Crippen molar-refractivity contribution >= 4 is 21.4 Å². The second-order valence-electron chi connectivity index (χ2n) is 4.12. The first-order valence-corrected chi connectivity index (χ1v) is 8.39. The molecule has 2 heterocycles. The Kier molecular flexibility index (Phi) is 4.86. The van der Waals surface area contributed by atoms with Crippen LogP contribution in [0.4, 0.5) is 0 Å². The zero-order valence-electron chi connectivity index (χ0n) is 11.2. The Hall–Kier alpha value is -1.29. The highest BCUT2D eigenvalue weighted by atomic mass is 32.2. The Bertz CT molecular complexity index is 663. The van der Waals surface area contributed by atoms with Gasteiger partial charge in [0.1, 0.15) is 0 Å². The van der Waals surface area contributed by atoms with Crippen LogP contribution in [0.5, 0.6) is 0 Å². The molecule has 0 saturated heterocycles. The fourth-order valence-electron chi connectivity index (χ4n) is 1.68. The fourth-order valence-corrected chi connectivity index (χ4v) is 4.16. The van der Waals surface area contributed by atoms with Gasteiger partial charge < -0.3 is 9.84 Å². The maximum atomic E-state index is 12.2. The number of hydrogen-bond donors (Lipinski definition) is 2. The minimum Gasteiger partial charge on any atom is -0.340 e. The summed E-state index contributed by atoms with van der Waals surface area (Å²) in [5, 5.41) is 8.44. The van der Waals surface area contributed by atoms with Crippen LogP contribution in [0.3, 0.4) is 0 Å². The van der Waals surface area contributed by atoms with E-state index in [9.17, 15) is 8.42 Å².